The number of aliphatic carboxylic acids is 2. The number of carboxylic acid groups (broad SMARTS) is 2. The summed E-state index contributed by atoms with van der Waals surface area (Å²) < 4.78 is 0. The van der Waals surface area contributed by atoms with Crippen LogP contribution < -0.4 is 11.1 Å². The number of aromatic amines is 2. The number of nitrogens with two attached hydrogens (primary N) is 1. The third-order valence-electron chi connectivity index (χ3n) is 6.31. The molecule has 178 valence electrons. The van der Waals surface area contributed by atoms with Crippen molar-refractivity contribution in [1.82, 2.24) is 15.3 Å². The molecule has 34 heavy (non-hydrogen) atoms. The number of aromatic nitrogens is 2. The highest BCUT2D eigenvalue weighted by atomic mass is 16.4. The zero-order valence-corrected chi connectivity index (χ0v) is 19.0. The van der Waals surface area contributed by atoms with Crippen LogP contribution in [0.25, 0.3) is 21.8 Å². The Balaban J connectivity index is 0.000000166. The summed E-state index contributed by atoms with van der Waals surface area (Å²) in [5, 5.41) is 23.4. The number of hydrogen-bond acceptors (Lipinski definition) is 4. The molecule has 0 amide bonds. The lowest BCUT2D eigenvalue weighted by Crippen LogP contribution is -2.44. The van der Waals surface area contributed by atoms with Crippen molar-refractivity contribution >= 4 is 33.7 Å². The van der Waals surface area contributed by atoms with Crippen LogP contribution in [0.5, 0.6) is 0 Å². The number of para-hydroxylation sites is 2. The van der Waals surface area contributed by atoms with Crippen molar-refractivity contribution in [2.24, 2.45) is 5.73 Å². The highest BCUT2D eigenvalue weighted by molar-refractivity contribution is 5.87. The summed E-state index contributed by atoms with van der Waals surface area (Å²) in [5.41, 5.74) is 10.9. The first-order valence-corrected chi connectivity index (χ1v) is 11.5. The Morgan fingerprint density at radius 1 is 1.06 bits per heavy atom. The first kappa shape index (κ1) is 23.5. The Kier molecular flexibility index (Phi) is 7.00. The summed E-state index contributed by atoms with van der Waals surface area (Å²) in [6, 6.07) is 14.7. The van der Waals surface area contributed by atoms with Crippen molar-refractivity contribution in [1.29, 1.82) is 0 Å². The average molecular weight is 463 g/mol. The molecule has 3 atom stereocenters. The van der Waals surface area contributed by atoms with Gasteiger partial charge in [-0.3, -0.25) is 14.9 Å². The molecule has 2 unspecified atom stereocenters. The van der Waals surface area contributed by atoms with Gasteiger partial charge in [0.15, 0.2) is 0 Å². The number of H-pyrrole nitrogens is 2. The number of nitrogens with one attached hydrogen (secondary N) is 3. The normalized spacial score (nSPS) is 18.2. The van der Waals surface area contributed by atoms with Gasteiger partial charge in [0, 0.05) is 52.6 Å². The smallest absolute Gasteiger partial charge is 0.321 e. The van der Waals surface area contributed by atoms with Crippen molar-refractivity contribution in [3.05, 3.63) is 71.5 Å². The molecule has 0 spiro atoms. The first-order chi connectivity index (χ1) is 16.4. The van der Waals surface area contributed by atoms with Gasteiger partial charge in [-0.2, -0.15) is 0 Å². The number of carboxylic acids is 2. The van der Waals surface area contributed by atoms with Crippen LogP contribution >= 0.6 is 0 Å². The van der Waals surface area contributed by atoms with Crippen LogP contribution in [-0.4, -0.2) is 44.2 Å². The summed E-state index contributed by atoms with van der Waals surface area (Å²) >= 11 is 0. The van der Waals surface area contributed by atoms with Crippen molar-refractivity contribution < 1.29 is 19.8 Å². The van der Waals surface area contributed by atoms with Crippen molar-refractivity contribution in [2.75, 3.05) is 0 Å². The molecular weight excluding hydrogens is 432 g/mol. The van der Waals surface area contributed by atoms with Crippen LogP contribution in [0.1, 0.15) is 42.6 Å². The quantitative estimate of drug-likeness (QED) is 0.258. The molecule has 0 saturated heterocycles. The lowest BCUT2D eigenvalue weighted by atomic mass is 9.92. The van der Waals surface area contributed by atoms with E-state index >= 15 is 0 Å². The van der Waals surface area contributed by atoms with E-state index < -0.39 is 24.0 Å². The standard InChI is InChI=1S/C15H18N2O2.C11H12N2O2/c1-2-5-12-14-10(8-13(16-12)15(18)19)9-6-3-4-7-11(9)17-14;12-9(11(14)15)5-7-6-13-10-4-2-1-3-8(7)10/h3-4,6-7,12-13,16-17H,2,5,8H2,1H3,(H,18,19);1-4,6,9,13H,5,12H2,(H,14,15)/t;9-/m.0/s1. The fraction of sp³-hybridized carbons (Fsp3) is 0.308. The minimum Gasteiger partial charge on any atom is -0.480 e. The second-order valence-corrected chi connectivity index (χ2v) is 8.67. The topological polar surface area (TPSA) is 144 Å². The molecule has 3 heterocycles. The lowest BCUT2D eigenvalue weighted by Gasteiger charge is -2.29. The molecule has 0 bridgehead atoms. The molecule has 8 heteroatoms. The van der Waals surface area contributed by atoms with Crippen LogP contribution in [0, 0.1) is 0 Å². The number of fused-ring (bicyclic) bond motifs is 4. The van der Waals surface area contributed by atoms with Gasteiger partial charge >= 0.3 is 11.9 Å². The predicted molar refractivity (Wildman–Crippen MR) is 132 cm³/mol. The fourth-order valence-corrected chi connectivity index (χ4v) is 4.63. The van der Waals surface area contributed by atoms with Crippen LogP contribution in [-0.2, 0) is 22.4 Å². The van der Waals surface area contributed by atoms with E-state index in [9.17, 15) is 14.7 Å². The number of rotatable bonds is 6. The Morgan fingerprint density at radius 3 is 2.41 bits per heavy atom. The molecular formula is C26H30N4O4. The maximum Gasteiger partial charge on any atom is 0.321 e. The molecule has 0 fully saturated rings. The van der Waals surface area contributed by atoms with Gasteiger partial charge in [-0.15, -0.1) is 0 Å². The van der Waals surface area contributed by atoms with Crippen LogP contribution in [0.15, 0.2) is 54.7 Å². The van der Waals surface area contributed by atoms with E-state index in [1.807, 2.05) is 48.7 Å². The number of carbonyl (C=O) groups is 2. The maximum absolute atomic E-state index is 11.3. The van der Waals surface area contributed by atoms with E-state index in [4.69, 9.17) is 10.8 Å². The summed E-state index contributed by atoms with van der Waals surface area (Å²) in [5.74, 6) is -1.74. The molecule has 2 aromatic heterocycles. The molecule has 4 aromatic rings. The second kappa shape index (κ2) is 10.1. The van der Waals surface area contributed by atoms with Gasteiger partial charge < -0.3 is 25.9 Å². The average Bonchev–Trinajstić information content (AvgIpc) is 3.41. The van der Waals surface area contributed by atoms with Crippen LogP contribution in [0.3, 0.4) is 0 Å². The van der Waals surface area contributed by atoms with Gasteiger partial charge in [0.1, 0.15) is 12.1 Å². The van der Waals surface area contributed by atoms with E-state index in [1.54, 1.807) is 0 Å². The van der Waals surface area contributed by atoms with Crippen molar-refractivity contribution in [3.63, 3.8) is 0 Å². The molecule has 7 N–H and O–H groups in total. The van der Waals surface area contributed by atoms with E-state index in [1.165, 1.54) is 11.3 Å². The molecule has 1 aliphatic heterocycles. The van der Waals surface area contributed by atoms with Gasteiger partial charge in [-0.25, -0.2) is 0 Å². The minimum atomic E-state index is -0.972. The summed E-state index contributed by atoms with van der Waals surface area (Å²) in [4.78, 5) is 28.5. The number of benzene rings is 2. The van der Waals surface area contributed by atoms with Crippen LogP contribution in [0.2, 0.25) is 0 Å². The van der Waals surface area contributed by atoms with Crippen LogP contribution in [0.4, 0.5) is 0 Å². The van der Waals surface area contributed by atoms with Crippen molar-refractivity contribution in [2.45, 2.75) is 50.7 Å². The van der Waals surface area contributed by atoms with E-state index in [-0.39, 0.29) is 6.04 Å². The highest BCUT2D eigenvalue weighted by Gasteiger charge is 2.32. The largest absolute Gasteiger partial charge is 0.480 e. The molecule has 2 aromatic carbocycles. The number of hydrogen-bond donors (Lipinski definition) is 6. The Bertz CT molecular complexity index is 1310. The van der Waals surface area contributed by atoms with Gasteiger partial charge in [0.2, 0.25) is 0 Å². The molecule has 0 radical (unpaired) electrons. The molecule has 0 aliphatic carbocycles. The molecule has 0 saturated carbocycles. The minimum absolute atomic E-state index is 0.113. The zero-order valence-electron chi connectivity index (χ0n) is 19.0. The zero-order chi connectivity index (χ0) is 24.2. The Morgan fingerprint density at radius 2 is 1.74 bits per heavy atom. The maximum atomic E-state index is 11.3. The molecule has 8 nitrogen and oxygen atoms in total. The van der Waals surface area contributed by atoms with Crippen molar-refractivity contribution in [3.8, 4) is 0 Å². The Labute approximate surface area is 197 Å². The summed E-state index contributed by atoms with van der Waals surface area (Å²) in [7, 11) is 0. The fourth-order valence-electron chi connectivity index (χ4n) is 4.63. The van der Waals surface area contributed by atoms with Gasteiger partial charge in [0.25, 0.3) is 0 Å². The lowest BCUT2D eigenvalue weighted by molar-refractivity contribution is -0.140. The summed E-state index contributed by atoms with van der Waals surface area (Å²) in [6.45, 7) is 2.12. The Hall–Kier alpha value is -3.62. The molecule has 1 aliphatic rings. The van der Waals surface area contributed by atoms with Gasteiger partial charge in [-0.1, -0.05) is 49.7 Å². The third kappa shape index (κ3) is 4.83. The third-order valence-corrected chi connectivity index (χ3v) is 6.31. The second-order valence-electron chi connectivity index (χ2n) is 8.67. The molecule has 5 rings (SSSR count). The first-order valence-electron chi connectivity index (χ1n) is 11.5. The monoisotopic (exact) mass is 462 g/mol. The summed E-state index contributed by atoms with van der Waals surface area (Å²) in [6.07, 6.45) is 4.68. The van der Waals surface area contributed by atoms with E-state index in [0.717, 1.165) is 40.2 Å². The van der Waals surface area contributed by atoms with E-state index in [2.05, 4.69) is 28.3 Å². The predicted octanol–water partition coefficient (Wildman–Crippen LogP) is 3.73. The SMILES string of the molecule is CCCC1NC(C(=O)O)Cc2c1[nH]c1ccccc21.N[C@@H](Cc1c[nH]c2ccccc12)C(=O)O. The van der Waals surface area contributed by atoms with Gasteiger partial charge in [-0.05, 0) is 29.7 Å². The van der Waals surface area contributed by atoms with E-state index in [0.29, 0.717) is 12.8 Å². The highest BCUT2D eigenvalue weighted by Crippen LogP contribution is 2.33. The van der Waals surface area contributed by atoms with Gasteiger partial charge in [0.05, 0.1) is 0 Å².